The number of hydrogen-bond donors (Lipinski definition) is 2. The van der Waals surface area contributed by atoms with Crippen molar-refractivity contribution in [2.45, 2.75) is 19.9 Å². The van der Waals surface area contributed by atoms with Crippen LogP contribution in [0.5, 0.6) is 5.75 Å². The Morgan fingerprint density at radius 3 is 2.65 bits per heavy atom. The van der Waals surface area contributed by atoms with Gasteiger partial charge in [0.2, 0.25) is 0 Å². The number of aliphatic hydroxyl groups excluding tert-OH is 2. The molecule has 0 aliphatic heterocycles. The van der Waals surface area contributed by atoms with Gasteiger partial charge in [-0.25, -0.2) is 0 Å². The summed E-state index contributed by atoms with van der Waals surface area (Å²) in [6.45, 7) is 4.37. The molecule has 1 aromatic rings. The lowest BCUT2D eigenvalue weighted by Crippen LogP contribution is -2.27. The molecule has 0 unspecified atom stereocenters. The van der Waals surface area contributed by atoms with Crippen LogP contribution >= 0.6 is 0 Å². The van der Waals surface area contributed by atoms with Crippen LogP contribution in [0.15, 0.2) is 18.2 Å². The van der Waals surface area contributed by atoms with Crippen molar-refractivity contribution in [1.29, 1.82) is 0 Å². The van der Waals surface area contributed by atoms with Crippen LogP contribution in [-0.4, -0.2) is 48.5 Å². The molecule has 1 aromatic carbocycles. The number of nitrogens with zero attached hydrogens (tertiary/aromatic N) is 1. The van der Waals surface area contributed by atoms with Crippen molar-refractivity contribution in [3.05, 3.63) is 29.3 Å². The van der Waals surface area contributed by atoms with Crippen LogP contribution in [0.2, 0.25) is 0 Å². The SMILES string of the molecule is CCCN(CCO)Cc1cc(OC)ccc1C#CCO. The van der Waals surface area contributed by atoms with E-state index in [9.17, 15) is 0 Å². The van der Waals surface area contributed by atoms with E-state index in [0.29, 0.717) is 13.1 Å². The summed E-state index contributed by atoms with van der Waals surface area (Å²) >= 11 is 0. The second kappa shape index (κ2) is 9.38. The molecule has 4 heteroatoms. The summed E-state index contributed by atoms with van der Waals surface area (Å²) in [5.41, 5.74) is 1.94. The average Bonchev–Trinajstić information content (AvgIpc) is 2.46. The van der Waals surface area contributed by atoms with E-state index in [2.05, 4.69) is 23.7 Å². The lowest BCUT2D eigenvalue weighted by Gasteiger charge is -2.21. The third-order valence-corrected chi connectivity index (χ3v) is 2.96. The largest absolute Gasteiger partial charge is 0.497 e. The van der Waals surface area contributed by atoms with E-state index in [-0.39, 0.29) is 13.2 Å². The lowest BCUT2D eigenvalue weighted by molar-refractivity contribution is 0.190. The van der Waals surface area contributed by atoms with Gasteiger partial charge in [-0.15, -0.1) is 0 Å². The minimum absolute atomic E-state index is 0.140. The molecular weight excluding hydrogens is 254 g/mol. The number of hydrogen-bond acceptors (Lipinski definition) is 4. The van der Waals surface area contributed by atoms with E-state index < -0.39 is 0 Å². The molecular formula is C16H23NO3. The fraction of sp³-hybridized carbons (Fsp3) is 0.500. The van der Waals surface area contributed by atoms with Crippen molar-refractivity contribution in [2.75, 3.05) is 33.4 Å². The molecule has 2 N–H and O–H groups in total. The maximum atomic E-state index is 9.13. The zero-order chi connectivity index (χ0) is 14.8. The Morgan fingerprint density at radius 1 is 1.25 bits per heavy atom. The van der Waals surface area contributed by atoms with E-state index in [0.717, 1.165) is 29.8 Å². The zero-order valence-corrected chi connectivity index (χ0v) is 12.2. The van der Waals surface area contributed by atoms with Crippen LogP contribution in [0.25, 0.3) is 0 Å². The first kappa shape index (κ1) is 16.5. The minimum atomic E-state index is -0.152. The Labute approximate surface area is 121 Å². The molecule has 0 atom stereocenters. The Balaban J connectivity index is 2.98. The summed E-state index contributed by atoms with van der Waals surface area (Å²) in [5, 5.41) is 18.0. The van der Waals surface area contributed by atoms with E-state index in [4.69, 9.17) is 14.9 Å². The number of benzene rings is 1. The highest BCUT2D eigenvalue weighted by atomic mass is 16.5. The maximum Gasteiger partial charge on any atom is 0.119 e. The second-order valence-electron chi connectivity index (χ2n) is 4.48. The molecule has 0 amide bonds. The first-order chi connectivity index (χ1) is 9.74. The van der Waals surface area contributed by atoms with E-state index in [1.165, 1.54) is 0 Å². The second-order valence-corrected chi connectivity index (χ2v) is 4.48. The average molecular weight is 277 g/mol. The molecule has 0 radical (unpaired) electrons. The summed E-state index contributed by atoms with van der Waals surface area (Å²) in [6, 6.07) is 5.72. The predicted molar refractivity (Wildman–Crippen MR) is 79.6 cm³/mol. The van der Waals surface area contributed by atoms with E-state index in [1.54, 1.807) is 7.11 Å². The molecule has 0 spiro atoms. The number of aliphatic hydroxyl groups is 2. The van der Waals surface area contributed by atoms with Crippen molar-refractivity contribution >= 4 is 0 Å². The molecule has 0 bridgehead atoms. The topological polar surface area (TPSA) is 52.9 Å². The third kappa shape index (κ3) is 5.22. The first-order valence-corrected chi connectivity index (χ1v) is 6.85. The van der Waals surface area contributed by atoms with Gasteiger partial charge in [-0.05, 0) is 36.7 Å². The van der Waals surface area contributed by atoms with Crippen LogP contribution in [0, 0.1) is 11.8 Å². The maximum absolute atomic E-state index is 9.13. The van der Waals surface area contributed by atoms with E-state index >= 15 is 0 Å². The van der Waals surface area contributed by atoms with Gasteiger partial charge in [0.05, 0.1) is 13.7 Å². The van der Waals surface area contributed by atoms with Gasteiger partial charge in [0.1, 0.15) is 12.4 Å². The fourth-order valence-corrected chi connectivity index (χ4v) is 2.05. The minimum Gasteiger partial charge on any atom is -0.497 e. The van der Waals surface area contributed by atoms with Crippen molar-refractivity contribution in [3.8, 4) is 17.6 Å². The van der Waals surface area contributed by atoms with Gasteiger partial charge in [0.25, 0.3) is 0 Å². The molecule has 0 aliphatic carbocycles. The summed E-state index contributed by atoms with van der Waals surface area (Å²) in [4.78, 5) is 2.18. The zero-order valence-electron chi connectivity index (χ0n) is 12.2. The molecule has 20 heavy (non-hydrogen) atoms. The van der Waals surface area contributed by atoms with E-state index in [1.807, 2.05) is 18.2 Å². The van der Waals surface area contributed by atoms with Crippen LogP contribution in [-0.2, 0) is 6.54 Å². The molecule has 110 valence electrons. The van der Waals surface area contributed by atoms with Crippen molar-refractivity contribution in [2.24, 2.45) is 0 Å². The van der Waals surface area contributed by atoms with Crippen molar-refractivity contribution < 1.29 is 14.9 Å². The van der Waals surface area contributed by atoms with Gasteiger partial charge in [-0.3, -0.25) is 4.90 Å². The molecule has 0 aromatic heterocycles. The van der Waals surface area contributed by atoms with Gasteiger partial charge in [-0.2, -0.15) is 0 Å². The van der Waals surface area contributed by atoms with Gasteiger partial charge in [0, 0.05) is 18.7 Å². The molecule has 0 saturated carbocycles. The van der Waals surface area contributed by atoms with Crippen LogP contribution < -0.4 is 4.74 Å². The van der Waals surface area contributed by atoms with Gasteiger partial charge in [0.15, 0.2) is 0 Å². The molecule has 0 saturated heterocycles. The molecule has 0 heterocycles. The number of ether oxygens (including phenoxy) is 1. The molecule has 0 aliphatic rings. The van der Waals surface area contributed by atoms with Crippen LogP contribution in [0.3, 0.4) is 0 Å². The van der Waals surface area contributed by atoms with Gasteiger partial charge < -0.3 is 14.9 Å². The predicted octanol–water partition coefficient (Wildman–Crippen LogP) is 1.24. The summed E-state index contributed by atoms with van der Waals surface area (Å²) < 4.78 is 5.25. The Morgan fingerprint density at radius 2 is 2.05 bits per heavy atom. The summed E-state index contributed by atoms with van der Waals surface area (Å²) in [7, 11) is 1.63. The summed E-state index contributed by atoms with van der Waals surface area (Å²) in [5.74, 6) is 6.42. The Bertz CT molecular complexity index is 457. The highest BCUT2D eigenvalue weighted by molar-refractivity contribution is 5.45. The monoisotopic (exact) mass is 277 g/mol. The molecule has 0 fully saturated rings. The van der Waals surface area contributed by atoms with Crippen molar-refractivity contribution in [3.63, 3.8) is 0 Å². The van der Waals surface area contributed by atoms with Gasteiger partial charge in [-0.1, -0.05) is 18.8 Å². The van der Waals surface area contributed by atoms with Gasteiger partial charge >= 0.3 is 0 Å². The highest BCUT2D eigenvalue weighted by Crippen LogP contribution is 2.19. The van der Waals surface area contributed by atoms with Crippen LogP contribution in [0.4, 0.5) is 0 Å². The number of rotatable bonds is 7. The third-order valence-electron chi connectivity index (χ3n) is 2.96. The standard InChI is InChI=1S/C16H23NO3/c1-3-8-17(9-11-19)13-15-12-16(20-2)7-6-14(15)5-4-10-18/h6-7,12,18-19H,3,8-11,13H2,1-2H3. The highest BCUT2D eigenvalue weighted by Gasteiger charge is 2.09. The van der Waals surface area contributed by atoms with Crippen molar-refractivity contribution in [1.82, 2.24) is 4.90 Å². The number of methoxy groups -OCH3 is 1. The smallest absolute Gasteiger partial charge is 0.119 e. The quantitative estimate of drug-likeness (QED) is 0.736. The summed E-state index contributed by atoms with van der Waals surface area (Å²) in [6.07, 6.45) is 1.03. The Hall–Kier alpha value is -1.54. The molecule has 4 nitrogen and oxygen atoms in total. The normalized spacial score (nSPS) is 10.2. The molecule has 1 rings (SSSR count). The first-order valence-electron chi connectivity index (χ1n) is 6.85. The lowest BCUT2D eigenvalue weighted by atomic mass is 10.1. The Kier molecular flexibility index (Phi) is 7.74. The van der Waals surface area contributed by atoms with Crippen LogP contribution in [0.1, 0.15) is 24.5 Å². The fourth-order valence-electron chi connectivity index (χ4n) is 2.05.